The Kier molecular flexibility index (Phi) is 6.31. The summed E-state index contributed by atoms with van der Waals surface area (Å²) in [5.41, 5.74) is 5.35. The van der Waals surface area contributed by atoms with Crippen molar-refractivity contribution in [2.75, 3.05) is 22.4 Å². The van der Waals surface area contributed by atoms with Gasteiger partial charge in [-0.05, 0) is 55.5 Å². The van der Waals surface area contributed by atoms with E-state index in [1.54, 1.807) is 12.1 Å². The van der Waals surface area contributed by atoms with Crippen LogP contribution in [0.25, 0.3) is 0 Å². The molecule has 6 heteroatoms. The molecule has 27 heavy (non-hydrogen) atoms. The Morgan fingerprint density at radius 3 is 2.00 bits per heavy atom. The molecular weight excluding hydrogens is 360 g/mol. The Balaban J connectivity index is 2.25. The third kappa shape index (κ3) is 5.32. The van der Waals surface area contributed by atoms with Crippen molar-refractivity contribution in [1.82, 2.24) is 0 Å². The Labute approximate surface area is 162 Å². The molecular formula is C21H28N2O3S. The van der Waals surface area contributed by atoms with Gasteiger partial charge in [-0.2, -0.15) is 0 Å². The molecule has 0 saturated carbocycles. The second kappa shape index (κ2) is 8.13. The SMILES string of the molecule is Cc1cc(C)c(NC(=O)CN(c2ccc(C(C)C)cc2)S(C)(=O)=O)c(C)c1. The number of aryl methyl sites for hydroxylation is 3. The third-order valence-electron chi connectivity index (χ3n) is 4.48. The molecule has 1 amide bonds. The predicted octanol–water partition coefficient (Wildman–Crippen LogP) is 4.14. The van der Waals surface area contributed by atoms with Gasteiger partial charge in [-0.15, -0.1) is 0 Å². The maximum atomic E-state index is 12.6. The Hall–Kier alpha value is -2.34. The highest BCUT2D eigenvalue weighted by atomic mass is 32.2. The van der Waals surface area contributed by atoms with Crippen LogP contribution >= 0.6 is 0 Å². The van der Waals surface area contributed by atoms with E-state index in [1.807, 2.05) is 45.0 Å². The van der Waals surface area contributed by atoms with Crippen LogP contribution in [0.15, 0.2) is 36.4 Å². The summed E-state index contributed by atoms with van der Waals surface area (Å²) < 4.78 is 25.7. The van der Waals surface area contributed by atoms with Crippen LogP contribution in [0.3, 0.4) is 0 Å². The van der Waals surface area contributed by atoms with Gasteiger partial charge in [0.15, 0.2) is 0 Å². The third-order valence-corrected chi connectivity index (χ3v) is 5.62. The van der Waals surface area contributed by atoms with Crippen LogP contribution < -0.4 is 9.62 Å². The molecule has 0 spiro atoms. The van der Waals surface area contributed by atoms with Gasteiger partial charge in [0.2, 0.25) is 15.9 Å². The lowest BCUT2D eigenvalue weighted by molar-refractivity contribution is -0.114. The number of anilines is 2. The molecule has 2 aromatic carbocycles. The smallest absolute Gasteiger partial charge is 0.245 e. The summed E-state index contributed by atoms with van der Waals surface area (Å²) in [5.74, 6) is -0.0232. The minimum atomic E-state index is -3.59. The van der Waals surface area contributed by atoms with Gasteiger partial charge in [0, 0.05) is 5.69 Å². The first-order valence-electron chi connectivity index (χ1n) is 8.94. The summed E-state index contributed by atoms with van der Waals surface area (Å²) in [6.45, 7) is 9.72. The molecule has 0 aliphatic rings. The van der Waals surface area contributed by atoms with Gasteiger partial charge in [-0.3, -0.25) is 9.10 Å². The highest BCUT2D eigenvalue weighted by Crippen LogP contribution is 2.24. The van der Waals surface area contributed by atoms with Crippen LogP contribution in [0.5, 0.6) is 0 Å². The van der Waals surface area contributed by atoms with E-state index in [0.29, 0.717) is 11.6 Å². The minimum Gasteiger partial charge on any atom is -0.324 e. The standard InChI is InChI=1S/C21H28N2O3S/c1-14(2)18-7-9-19(10-8-18)23(27(6,25)26)13-20(24)22-21-16(4)11-15(3)12-17(21)5/h7-12,14H,13H2,1-6H3,(H,22,24). The number of carbonyl (C=O) groups excluding carboxylic acids is 1. The topological polar surface area (TPSA) is 66.5 Å². The fourth-order valence-corrected chi connectivity index (χ4v) is 3.97. The van der Waals surface area contributed by atoms with E-state index in [-0.39, 0.29) is 12.5 Å². The fraction of sp³-hybridized carbons (Fsp3) is 0.381. The highest BCUT2D eigenvalue weighted by Gasteiger charge is 2.21. The van der Waals surface area contributed by atoms with Crippen LogP contribution in [0.4, 0.5) is 11.4 Å². The van der Waals surface area contributed by atoms with Gasteiger partial charge >= 0.3 is 0 Å². The summed E-state index contributed by atoms with van der Waals surface area (Å²) in [5, 5.41) is 2.86. The second-order valence-corrected chi connectivity index (χ2v) is 9.24. The van der Waals surface area contributed by atoms with Crippen molar-refractivity contribution in [1.29, 1.82) is 0 Å². The second-order valence-electron chi connectivity index (χ2n) is 7.34. The predicted molar refractivity (Wildman–Crippen MR) is 112 cm³/mol. The van der Waals surface area contributed by atoms with Crippen LogP contribution in [-0.2, 0) is 14.8 Å². The lowest BCUT2D eigenvalue weighted by atomic mass is 10.0. The molecule has 0 bridgehead atoms. The van der Waals surface area contributed by atoms with Crippen molar-refractivity contribution < 1.29 is 13.2 Å². The molecule has 0 saturated heterocycles. The average molecular weight is 389 g/mol. The Morgan fingerprint density at radius 1 is 1.04 bits per heavy atom. The van der Waals surface area contributed by atoms with Crippen LogP contribution in [0, 0.1) is 20.8 Å². The van der Waals surface area contributed by atoms with Crippen molar-refractivity contribution in [3.8, 4) is 0 Å². The normalized spacial score (nSPS) is 11.5. The van der Waals surface area contributed by atoms with Crippen LogP contribution in [-0.4, -0.2) is 27.1 Å². The lowest BCUT2D eigenvalue weighted by Gasteiger charge is -2.23. The quantitative estimate of drug-likeness (QED) is 0.809. The first-order chi connectivity index (χ1) is 12.5. The number of amides is 1. The molecule has 0 unspecified atom stereocenters. The largest absolute Gasteiger partial charge is 0.324 e. The van der Waals surface area contributed by atoms with E-state index < -0.39 is 10.0 Å². The summed E-state index contributed by atoms with van der Waals surface area (Å²) >= 11 is 0. The molecule has 0 aliphatic carbocycles. The van der Waals surface area contributed by atoms with Crippen molar-refractivity contribution in [3.63, 3.8) is 0 Å². The van der Waals surface area contributed by atoms with E-state index in [2.05, 4.69) is 19.2 Å². The average Bonchev–Trinajstić information content (AvgIpc) is 2.55. The molecule has 1 N–H and O–H groups in total. The zero-order valence-corrected chi connectivity index (χ0v) is 17.6. The molecule has 2 rings (SSSR count). The first kappa shape index (κ1) is 21.0. The van der Waals surface area contributed by atoms with Crippen LogP contribution in [0.1, 0.15) is 42.0 Å². The van der Waals surface area contributed by atoms with Gasteiger partial charge in [0.1, 0.15) is 6.54 Å². The lowest BCUT2D eigenvalue weighted by Crippen LogP contribution is -2.37. The first-order valence-corrected chi connectivity index (χ1v) is 10.8. The van der Waals surface area contributed by atoms with Crippen molar-refractivity contribution in [3.05, 3.63) is 58.7 Å². The highest BCUT2D eigenvalue weighted by molar-refractivity contribution is 7.92. The van der Waals surface area contributed by atoms with Crippen LogP contribution in [0.2, 0.25) is 0 Å². The maximum absolute atomic E-state index is 12.6. The molecule has 0 fully saturated rings. The number of hydrogen-bond acceptors (Lipinski definition) is 3. The van der Waals surface area contributed by atoms with Gasteiger partial charge in [-0.25, -0.2) is 8.42 Å². The van der Waals surface area contributed by atoms with Gasteiger partial charge in [0.25, 0.3) is 0 Å². The molecule has 0 radical (unpaired) electrons. The minimum absolute atomic E-state index is 0.271. The monoisotopic (exact) mass is 388 g/mol. The molecule has 0 atom stereocenters. The summed E-state index contributed by atoms with van der Waals surface area (Å²) in [7, 11) is -3.59. The Bertz CT molecular complexity index is 909. The molecule has 0 aromatic heterocycles. The summed E-state index contributed by atoms with van der Waals surface area (Å²) in [6, 6.07) is 11.2. The van der Waals surface area contributed by atoms with E-state index in [9.17, 15) is 13.2 Å². The number of carbonyl (C=O) groups is 1. The number of nitrogens with zero attached hydrogens (tertiary/aromatic N) is 1. The fourth-order valence-electron chi connectivity index (χ4n) is 3.11. The molecule has 5 nitrogen and oxygen atoms in total. The van der Waals surface area contributed by atoms with E-state index in [0.717, 1.165) is 38.5 Å². The number of sulfonamides is 1. The van der Waals surface area contributed by atoms with Crippen molar-refractivity contribution >= 4 is 27.3 Å². The van der Waals surface area contributed by atoms with Gasteiger partial charge in [-0.1, -0.05) is 43.7 Å². The zero-order chi connectivity index (χ0) is 20.4. The van der Waals surface area contributed by atoms with Crippen molar-refractivity contribution in [2.24, 2.45) is 0 Å². The zero-order valence-electron chi connectivity index (χ0n) is 16.8. The molecule has 146 valence electrons. The van der Waals surface area contributed by atoms with E-state index >= 15 is 0 Å². The summed E-state index contributed by atoms with van der Waals surface area (Å²) in [4.78, 5) is 12.6. The van der Waals surface area contributed by atoms with E-state index in [4.69, 9.17) is 0 Å². The molecule has 2 aromatic rings. The number of rotatable bonds is 6. The molecule has 0 heterocycles. The van der Waals surface area contributed by atoms with Gasteiger partial charge in [0.05, 0.1) is 11.9 Å². The van der Waals surface area contributed by atoms with Crippen molar-refractivity contribution in [2.45, 2.75) is 40.5 Å². The maximum Gasteiger partial charge on any atom is 0.245 e. The number of benzene rings is 2. The van der Waals surface area contributed by atoms with Gasteiger partial charge < -0.3 is 5.32 Å². The summed E-state index contributed by atoms with van der Waals surface area (Å²) in [6.07, 6.45) is 1.11. The number of hydrogen-bond donors (Lipinski definition) is 1. The molecule has 0 aliphatic heterocycles. The van der Waals surface area contributed by atoms with E-state index in [1.165, 1.54) is 0 Å². The number of nitrogens with one attached hydrogen (secondary N) is 1. The Morgan fingerprint density at radius 2 is 1.56 bits per heavy atom.